The lowest BCUT2D eigenvalue weighted by atomic mass is 9.91. The van der Waals surface area contributed by atoms with Gasteiger partial charge in [-0.25, -0.2) is 4.79 Å². The molecule has 3 unspecified atom stereocenters. The largest absolute Gasteiger partial charge is 0.449 e. The van der Waals surface area contributed by atoms with Crippen LogP contribution in [-0.2, 0) is 9.53 Å². The minimum Gasteiger partial charge on any atom is -0.449 e. The molecule has 3 rings (SSSR count). The molecule has 0 spiro atoms. The zero-order valence-corrected chi connectivity index (χ0v) is 19.8. The Morgan fingerprint density at radius 3 is 2.81 bits per heavy atom. The third-order valence-electron chi connectivity index (χ3n) is 5.82. The van der Waals surface area contributed by atoms with Crippen molar-refractivity contribution in [3.8, 4) is 0 Å². The van der Waals surface area contributed by atoms with Gasteiger partial charge in [0.25, 0.3) is 5.91 Å². The predicted octanol–water partition coefficient (Wildman–Crippen LogP) is 3.85. The Bertz CT molecular complexity index is 1000. The van der Waals surface area contributed by atoms with Crippen LogP contribution in [0.5, 0.6) is 0 Å². The summed E-state index contributed by atoms with van der Waals surface area (Å²) in [6, 6.07) is 7.34. The molecule has 0 fully saturated rings. The topological polar surface area (TPSA) is 120 Å². The summed E-state index contributed by atoms with van der Waals surface area (Å²) in [5.74, 6) is -0.706. The molecule has 3 atom stereocenters. The van der Waals surface area contributed by atoms with E-state index in [4.69, 9.17) is 28.4 Å². The first kappa shape index (κ1) is 24.0. The number of nitrogens with one attached hydrogen (secondary N) is 1. The lowest BCUT2D eigenvalue weighted by molar-refractivity contribution is -0.120. The summed E-state index contributed by atoms with van der Waals surface area (Å²) in [5.41, 5.74) is 16.0. The van der Waals surface area contributed by atoms with Gasteiger partial charge in [0, 0.05) is 5.92 Å². The van der Waals surface area contributed by atoms with Gasteiger partial charge < -0.3 is 21.5 Å². The number of ether oxygens (including phenoxy) is 1. The van der Waals surface area contributed by atoms with E-state index in [1.165, 1.54) is 22.3 Å². The van der Waals surface area contributed by atoms with E-state index >= 15 is 0 Å². The molecule has 0 heterocycles. The van der Waals surface area contributed by atoms with E-state index in [1.807, 2.05) is 26.0 Å². The van der Waals surface area contributed by atoms with Gasteiger partial charge >= 0.3 is 6.09 Å². The number of allylic oxidation sites excluding steroid dienone is 3. The lowest BCUT2D eigenvalue weighted by Gasteiger charge is -2.22. The highest BCUT2D eigenvalue weighted by atomic mass is 32.2. The van der Waals surface area contributed by atoms with Gasteiger partial charge in [0.2, 0.25) is 0 Å². The van der Waals surface area contributed by atoms with Crippen molar-refractivity contribution < 1.29 is 14.3 Å². The van der Waals surface area contributed by atoms with Gasteiger partial charge in [-0.1, -0.05) is 74.5 Å². The molecule has 0 bridgehead atoms. The van der Waals surface area contributed by atoms with Gasteiger partial charge in [0.1, 0.15) is 17.0 Å². The molecule has 170 valence electrons. The van der Waals surface area contributed by atoms with Crippen LogP contribution in [0, 0.1) is 5.92 Å². The number of nitrogens with zero attached hydrogens (tertiary/aromatic N) is 1. The Balaban J connectivity index is 1.68. The molecule has 2 amide bonds. The number of amides is 2. The van der Waals surface area contributed by atoms with Gasteiger partial charge in [0.15, 0.2) is 5.17 Å². The molecular weight excluding hydrogens is 444 g/mol. The van der Waals surface area contributed by atoms with Gasteiger partial charge in [-0.05, 0) is 47.2 Å². The summed E-state index contributed by atoms with van der Waals surface area (Å²) in [6.45, 7) is 3.99. The maximum atomic E-state index is 12.6. The van der Waals surface area contributed by atoms with E-state index in [0.29, 0.717) is 6.42 Å². The van der Waals surface area contributed by atoms with Gasteiger partial charge in [-0.2, -0.15) is 4.99 Å². The molecular formula is C23H28N4O3S2. The lowest BCUT2D eigenvalue weighted by Crippen LogP contribution is -2.45. The van der Waals surface area contributed by atoms with E-state index < -0.39 is 18.0 Å². The Hall–Kier alpha value is -2.65. The second kappa shape index (κ2) is 10.8. The molecule has 5 N–H and O–H groups in total. The second-order valence-corrected chi connectivity index (χ2v) is 9.60. The standard InChI is InChI=1S/C23H28N4O3S2/c1-3-13(2)19(20(28)27-21(24)32-22(25)31)26-23(29)30-12-18-16-10-6-4-8-14(16)15-9-5-7-11-17(15)18/h4-6,8-10,13,18-19H,3,7,11-12H2,1-2H3,(H2,25,31)(H,26,29)(H2,24,27,28). The summed E-state index contributed by atoms with van der Waals surface area (Å²) in [5, 5.41) is 2.61. The minimum absolute atomic E-state index is 0.0188. The maximum absolute atomic E-state index is 12.6. The summed E-state index contributed by atoms with van der Waals surface area (Å²) < 4.78 is 5.65. The Labute approximate surface area is 197 Å². The molecule has 0 aliphatic heterocycles. The molecule has 0 radical (unpaired) electrons. The molecule has 2 aliphatic rings. The number of thioether (sulfide) groups is 1. The first-order chi connectivity index (χ1) is 15.3. The van der Waals surface area contributed by atoms with Crippen molar-refractivity contribution >= 4 is 51.0 Å². The van der Waals surface area contributed by atoms with E-state index in [0.717, 1.165) is 24.6 Å². The smallest absolute Gasteiger partial charge is 0.407 e. The zero-order chi connectivity index (χ0) is 23.3. The average molecular weight is 473 g/mol. The third-order valence-corrected chi connectivity index (χ3v) is 6.57. The van der Waals surface area contributed by atoms with Crippen LogP contribution >= 0.6 is 24.0 Å². The van der Waals surface area contributed by atoms with Crippen LogP contribution in [-0.4, -0.2) is 34.1 Å². The summed E-state index contributed by atoms with van der Waals surface area (Å²) >= 11 is 5.59. The third kappa shape index (κ3) is 5.58. The monoisotopic (exact) mass is 472 g/mol. The van der Waals surface area contributed by atoms with Crippen molar-refractivity contribution in [1.82, 2.24) is 5.32 Å². The van der Waals surface area contributed by atoms with Crippen LogP contribution < -0.4 is 16.8 Å². The summed E-state index contributed by atoms with van der Waals surface area (Å²) in [6.07, 6.45) is 6.26. The number of nitrogens with two attached hydrogens (primary N) is 2. The van der Waals surface area contributed by atoms with E-state index in [-0.39, 0.29) is 27.9 Å². The van der Waals surface area contributed by atoms with Gasteiger partial charge in [0.05, 0.1) is 0 Å². The quantitative estimate of drug-likeness (QED) is 0.327. The van der Waals surface area contributed by atoms with Crippen LogP contribution in [0.15, 0.2) is 47.0 Å². The van der Waals surface area contributed by atoms with Crippen LogP contribution in [0.2, 0.25) is 0 Å². The molecule has 0 saturated heterocycles. The van der Waals surface area contributed by atoms with Gasteiger partial charge in [-0.3, -0.25) is 4.79 Å². The number of carbonyl (C=O) groups is 2. The number of benzene rings is 1. The number of amidine groups is 1. The second-order valence-electron chi connectivity index (χ2n) is 7.84. The van der Waals surface area contributed by atoms with Crippen molar-refractivity contribution in [2.24, 2.45) is 22.4 Å². The first-order valence-corrected chi connectivity index (χ1v) is 11.8. The molecule has 1 aromatic carbocycles. The maximum Gasteiger partial charge on any atom is 0.407 e. The highest BCUT2D eigenvalue weighted by Crippen LogP contribution is 2.46. The van der Waals surface area contributed by atoms with Crippen molar-refractivity contribution in [1.29, 1.82) is 0 Å². The van der Waals surface area contributed by atoms with Crippen molar-refractivity contribution in [2.45, 2.75) is 45.1 Å². The SMILES string of the molecule is CCC(C)C(NC(=O)OCC1C2=C(C=CCC2)c2ccccc21)C(=O)N=C(N)SC(N)=S. The predicted molar refractivity (Wildman–Crippen MR) is 133 cm³/mol. The summed E-state index contributed by atoms with van der Waals surface area (Å²) in [7, 11) is 0. The van der Waals surface area contributed by atoms with Crippen molar-refractivity contribution in [2.75, 3.05) is 6.61 Å². The highest BCUT2D eigenvalue weighted by Gasteiger charge is 2.32. The number of thiocarbonyl (C=S) groups is 1. The van der Waals surface area contributed by atoms with E-state index in [9.17, 15) is 9.59 Å². The number of fused-ring (bicyclic) bond motifs is 2. The Morgan fingerprint density at radius 2 is 2.09 bits per heavy atom. The number of carbonyl (C=O) groups excluding carboxylic acids is 2. The zero-order valence-electron chi connectivity index (χ0n) is 18.2. The van der Waals surface area contributed by atoms with Crippen molar-refractivity contribution in [3.63, 3.8) is 0 Å². The normalized spacial score (nSPS) is 19.1. The summed E-state index contributed by atoms with van der Waals surface area (Å²) in [4.78, 5) is 29.1. The molecule has 0 saturated carbocycles. The number of alkyl carbamates (subject to hydrolysis) is 1. The fourth-order valence-electron chi connectivity index (χ4n) is 4.05. The number of aliphatic imine (C=N–C) groups is 1. The van der Waals surface area contributed by atoms with E-state index in [2.05, 4.69) is 34.6 Å². The molecule has 32 heavy (non-hydrogen) atoms. The van der Waals surface area contributed by atoms with Crippen LogP contribution in [0.4, 0.5) is 4.79 Å². The number of rotatable bonds is 6. The van der Waals surface area contributed by atoms with E-state index in [1.54, 1.807) is 0 Å². The van der Waals surface area contributed by atoms with Crippen LogP contribution in [0.3, 0.4) is 0 Å². The van der Waals surface area contributed by atoms with Gasteiger partial charge in [-0.15, -0.1) is 0 Å². The van der Waals surface area contributed by atoms with Crippen LogP contribution in [0.25, 0.3) is 5.57 Å². The fraction of sp³-hybridized carbons (Fsp3) is 0.391. The van der Waals surface area contributed by atoms with Crippen molar-refractivity contribution in [3.05, 3.63) is 53.1 Å². The number of hydrogen-bond acceptors (Lipinski definition) is 5. The minimum atomic E-state index is -0.860. The fourth-order valence-corrected chi connectivity index (χ4v) is 4.64. The Morgan fingerprint density at radius 1 is 1.34 bits per heavy atom. The van der Waals surface area contributed by atoms with Crippen LogP contribution in [0.1, 0.15) is 50.2 Å². The molecule has 0 aromatic heterocycles. The molecule has 2 aliphatic carbocycles. The Kier molecular flexibility index (Phi) is 8.09. The molecule has 1 aromatic rings. The average Bonchev–Trinajstić information content (AvgIpc) is 3.08. The molecule has 9 heteroatoms. The molecule has 7 nitrogen and oxygen atoms in total. The first-order valence-electron chi connectivity index (χ1n) is 10.6. The number of hydrogen-bond donors (Lipinski definition) is 3. The highest BCUT2D eigenvalue weighted by molar-refractivity contribution is 8.32.